The van der Waals surface area contributed by atoms with Gasteiger partial charge in [-0.3, -0.25) is 9.21 Å². The predicted molar refractivity (Wildman–Crippen MR) is 120 cm³/mol. The van der Waals surface area contributed by atoms with Gasteiger partial charge >= 0.3 is 6.18 Å². The van der Waals surface area contributed by atoms with Crippen LogP contribution in [-0.2, 0) is 13.0 Å². The summed E-state index contributed by atoms with van der Waals surface area (Å²) in [6, 6.07) is 5.57. The van der Waals surface area contributed by atoms with Gasteiger partial charge in [0, 0.05) is 41.5 Å². The average Bonchev–Trinajstić information content (AvgIpc) is 3.35. The maximum atomic E-state index is 12.9. The van der Waals surface area contributed by atoms with E-state index in [-0.39, 0.29) is 4.88 Å². The van der Waals surface area contributed by atoms with Crippen molar-refractivity contribution < 1.29 is 17.9 Å². The van der Waals surface area contributed by atoms with Crippen molar-refractivity contribution in [3.8, 4) is 5.88 Å². The number of piperidine rings is 1. The molecule has 0 saturated carbocycles. The first-order chi connectivity index (χ1) is 15.4. The molecular weight excluding hydrogens is 459 g/mol. The fourth-order valence-electron chi connectivity index (χ4n) is 4.40. The molecule has 32 heavy (non-hydrogen) atoms. The Hall–Kier alpha value is -2.11. The molecule has 5 heterocycles. The van der Waals surface area contributed by atoms with E-state index in [0.29, 0.717) is 27.3 Å². The lowest BCUT2D eigenvalue weighted by Crippen LogP contribution is -2.40. The first-order valence-corrected chi connectivity index (χ1v) is 12.0. The maximum absolute atomic E-state index is 12.9. The highest BCUT2D eigenvalue weighted by Gasteiger charge is 2.39. The second kappa shape index (κ2) is 8.68. The van der Waals surface area contributed by atoms with Crippen LogP contribution in [0.4, 0.5) is 19.0 Å². The van der Waals surface area contributed by atoms with Crippen molar-refractivity contribution in [1.29, 1.82) is 0 Å². The summed E-state index contributed by atoms with van der Waals surface area (Å²) in [5.41, 5.74) is 1.07. The maximum Gasteiger partial charge on any atom is 0.393 e. The lowest BCUT2D eigenvalue weighted by Gasteiger charge is -2.33. The number of alkyl halides is 3. The Balaban J connectivity index is 1.31. The summed E-state index contributed by atoms with van der Waals surface area (Å²) >= 11 is 2.84. The third-order valence-electron chi connectivity index (χ3n) is 5.85. The van der Waals surface area contributed by atoms with Crippen molar-refractivity contribution in [3.63, 3.8) is 0 Å². The van der Waals surface area contributed by atoms with E-state index in [0.717, 1.165) is 55.3 Å². The number of thiophene rings is 1. The quantitative estimate of drug-likeness (QED) is 0.495. The van der Waals surface area contributed by atoms with Crippen molar-refractivity contribution in [1.82, 2.24) is 19.9 Å². The average molecular weight is 482 g/mol. The largest absolute Gasteiger partial charge is 0.481 e. The first kappa shape index (κ1) is 21.7. The van der Waals surface area contributed by atoms with E-state index in [1.165, 1.54) is 6.33 Å². The van der Waals surface area contributed by atoms with Gasteiger partial charge in [-0.25, -0.2) is 15.0 Å². The molecule has 2 atom stereocenters. The van der Waals surface area contributed by atoms with Gasteiger partial charge < -0.3 is 4.74 Å². The Bertz CT molecular complexity index is 1110. The highest BCUT2D eigenvalue weighted by atomic mass is 32.2. The lowest BCUT2D eigenvalue weighted by atomic mass is 9.96. The van der Waals surface area contributed by atoms with Crippen LogP contribution in [0.1, 0.15) is 16.9 Å². The van der Waals surface area contributed by atoms with E-state index >= 15 is 0 Å². The number of hydrogen-bond acceptors (Lipinski definition) is 8. The summed E-state index contributed by atoms with van der Waals surface area (Å²) in [7, 11) is 1.63. The molecule has 6 nitrogen and oxygen atoms in total. The Kier molecular flexibility index (Phi) is 5.89. The molecule has 0 aromatic carbocycles. The van der Waals surface area contributed by atoms with Gasteiger partial charge in [0.25, 0.3) is 0 Å². The number of likely N-dealkylation sites (tertiary alicyclic amines) is 1. The van der Waals surface area contributed by atoms with Crippen molar-refractivity contribution in [2.24, 2.45) is 5.92 Å². The molecule has 2 aliphatic rings. The number of rotatable bonds is 5. The molecule has 2 fully saturated rings. The number of fused-ring (bicyclic) bond motifs is 2. The van der Waals surface area contributed by atoms with Crippen LogP contribution in [0, 0.1) is 5.92 Å². The number of ether oxygens (including phenoxy) is 1. The Morgan fingerprint density at radius 3 is 2.91 bits per heavy atom. The molecular formula is C21H22F3N5OS2. The second-order valence-corrected chi connectivity index (χ2v) is 10.5. The van der Waals surface area contributed by atoms with E-state index in [9.17, 15) is 13.2 Å². The van der Waals surface area contributed by atoms with Crippen LogP contribution < -0.4 is 9.04 Å². The molecule has 2 saturated heterocycles. The predicted octanol–water partition coefficient (Wildman–Crippen LogP) is 4.56. The monoisotopic (exact) mass is 481 g/mol. The third-order valence-corrected chi connectivity index (χ3v) is 8.27. The molecule has 3 aromatic heterocycles. The number of nitrogens with zero attached hydrogens (tertiary/aromatic N) is 5. The minimum atomic E-state index is -4.23. The van der Waals surface area contributed by atoms with Gasteiger partial charge in [-0.1, -0.05) is 6.07 Å². The molecule has 170 valence electrons. The Morgan fingerprint density at radius 1 is 1.22 bits per heavy atom. The minimum absolute atomic E-state index is 0.271. The van der Waals surface area contributed by atoms with Crippen LogP contribution in [0.3, 0.4) is 0 Å². The van der Waals surface area contributed by atoms with Crippen LogP contribution in [0.5, 0.6) is 5.88 Å². The number of hydrogen-bond donors (Lipinski definition) is 0. The number of methoxy groups -OCH3 is 1. The normalized spacial score (nSPS) is 21.8. The van der Waals surface area contributed by atoms with Gasteiger partial charge in [0.2, 0.25) is 5.88 Å². The number of aromatic nitrogens is 3. The van der Waals surface area contributed by atoms with Crippen LogP contribution in [0.2, 0.25) is 0 Å². The van der Waals surface area contributed by atoms with E-state index in [2.05, 4.69) is 24.2 Å². The SMILES string of the molecule is COc1ncccc1CN1CC[C@@H]2CN(c3ncnc4sc(CC(F)(F)F)cc34)S[C@@H]2C1. The minimum Gasteiger partial charge on any atom is -0.481 e. The van der Waals surface area contributed by atoms with E-state index in [1.807, 2.05) is 12.1 Å². The van der Waals surface area contributed by atoms with Gasteiger partial charge in [-0.05, 0) is 43.0 Å². The zero-order valence-corrected chi connectivity index (χ0v) is 19.0. The van der Waals surface area contributed by atoms with Gasteiger partial charge in [0.15, 0.2) is 5.82 Å². The lowest BCUT2D eigenvalue weighted by molar-refractivity contribution is -0.126. The summed E-state index contributed by atoms with van der Waals surface area (Å²) in [5.74, 6) is 1.90. The molecule has 0 bridgehead atoms. The van der Waals surface area contributed by atoms with Gasteiger partial charge in [0.05, 0.1) is 18.9 Å². The molecule has 0 N–H and O–H groups in total. The third kappa shape index (κ3) is 4.51. The zero-order valence-electron chi connectivity index (χ0n) is 17.4. The van der Waals surface area contributed by atoms with Gasteiger partial charge in [-0.2, -0.15) is 13.2 Å². The summed E-state index contributed by atoms with van der Waals surface area (Å²) in [6.45, 7) is 3.54. The van der Waals surface area contributed by atoms with Gasteiger partial charge in [-0.15, -0.1) is 11.3 Å². The summed E-state index contributed by atoms with van der Waals surface area (Å²) in [5, 5.41) is 1.12. The fourth-order valence-corrected chi connectivity index (χ4v) is 6.94. The molecule has 11 heteroatoms. The second-order valence-electron chi connectivity index (χ2n) is 8.08. The number of anilines is 1. The molecule has 0 unspecified atom stereocenters. The Morgan fingerprint density at radius 2 is 2.09 bits per heavy atom. The van der Waals surface area contributed by atoms with Crippen molar-refractivity contribution in [2.45, 2.75) is 30.8 Å². The zero-order chi connectivity index (χ0) is 22.3. The topological polar surface area (TPSA) is 54.4 Å². The molecule has 0 radical (unpaired) electrons. The number of halogens is 3. The highest BCUT2D eigenvalue weighted by Crippen LogP contribution is 2.44. The van der Waals surface area contributed by atoms with E-state index in [1.54, 1.807) is 31.3 Å². The molecule has 5 rings (SSSR count). The van der Waals surface area contributed by atoms with E-state index in [4.69, 9.17) is 4.74 Å². The van der Waals surface area contributed by atoms with Crippen LogP contribution in [0.25, 0.3) is 10.2 Å². The fraction of sp³-hybridized carbons (Fsp3) is 0.476. The van der Waals surface area contributed by atoms with Crippen molar-refractivity contribution in [3.05, 3.63) is 41.2 Å². The summed E-state index contributed by atoms with van der Waals surface area (Å²) < 4.78 is 46.1. The van der Waals surface area contributed by atoms with Crippen LogP contribution >= 0.6 is 23.3 Å². The molecule has 3 aromatic rings. The van der Waals surface area contributed by atoms with Crippen molar-refractivity contribution >= 4 is 39.3 Å². The number of pyridine rings is 1. The standard InChI is InChI=1S/C21H22F3N5OS2/c1-30-19-14(3-2-5-25-19)9-28-6-4-13-10-29(32-17(13)11-28)18-16-7-15(8-21(22,23)24)31-20(16)27-12-26-18/h2-3,5,7,12-13,17H,4,6,8-11H2,1H3/t13-,17-/m1/s1. The highest BCUT2D eigenvalue weighted by molar-refractivity contribution is 8.01. The first-order valence-electron chi connectivity index (χ1n) is 10.3. The van der Waals surface area contributed by atoms with Gasteiger partial charge in [0.1, 0.15) is 11.2 Å². The smallest absolute Gasteiger partial charge is 0.393 e. The molecule has 0 aliphatic carbocycles. The summed E-state index contributed by atoms with van der Waals surface area (Å²) in [6.07, 6.45) is -0.917. The molecule has 0 spiro atoms. The van der Waals surface area contributed by atoms with Crippen molar-refractivity contribution in [2.75, 3.05) is 31.0 Å². The van der Waals surface area contributed by atoms with Crippen LogP contribution in [0.15, 0.2) is 30.7 Å². The van der Waals surface area contributed by atoms with Crippen LogP contribution in [-0.4, -0.2) is 58.0 Å². The Labute approximate surface area is 191 Å². The summed E-state index contributed by atoms with van der Waals surface area (Å²) in [4.78, 5) is 16.2. The van der Waals surface area contributed by atoms with E-state index < -0.39 is 12.6 Å². The molecule has 0 amide bonds. The molecule has 2 aliphatic heterocycles.